The van der Waals surface area contributed by atoms with Crippen molar-refractivity contribution in [3.05, 3.63) is 0 Å². The molecule has 0 aliphatic heterocycles. The summed E-state index contributed by atoms with van der Waals surface area (Å²) in [6, 6.07) is -17.0. The minimum atomic E-state index is -1.99. The van der Waals surface area contributed by atoms with Crippen molar-refractivity contribution in [3.8, 4) is 0 Å². The van der Waals surface area contributed by atoms with Crippen molar-refractivity contribution in [2.24, 2.45) is 23.1 Å². The van der Waals surface area contributed by atoms with Gasteiger partial charge in [0.05, 0.1) is 52.0 Å². The first kappa shape index (κ1) is 69.8. The molecule has 438 valence electrons. The molecule has 0 fully saturated rings. The van der Waals surface area contributed by atoms with E-state index in [0.717, 1.165) is 0 Å². The summed E-state index contributed by atoms with van der Waals surface area (Å²) in [5.74, 6) is -17.1. The number of aliphatic hydroxyl groups is 5. The molecule has 0 spiro atoms. The van der Waals surface area contributed by atoms with Crippen molar-refractivity contribution >= 4 is 77.0 Å². The Hall–Kier alpha value is -7.21. The first-order valence-electron chi connectivity index (χ1n) is 24.1. The summed E-state index contributed by atoms with van der Waals surface area (Å²) in [5, 5.41) is 98.3. The second kappa shape index (κ2) is 37.5. The highest BCUT2D eigenvalue weighted by atomic mass is 16.4. The van der Waals surface area contributed by atoms with E-state index in [1.807, 2.05) is 21.3 Å². The zero-order valence-corrected chi connectivity index (χ0v) is 42.5. The number of carboxylic acid groups (broad SMARTS) is 3. The van der Waals surface area contributed by atoms with Crippen LogP contribution in [0.4, 0.5) is 0 Å². The fourth-order valence-electron chi connectivity index (χ4n) is 6.51. The second-order valence-electron chi connectivity index (χ2n) is 17.5. The van der Waals surface area contributed by atoms with Crippen molar-refractivity contribution in [1.29, 1.82) is 0 Å². The summed E-state index contributed by atoms with van der Waals surface area (Å²) in [4.78, 5) is 165. The number of nitrogens with one attached hydrogen (secondary N) is 10. The van der Waals surface area contributed by atoms with E-state index < -0.39 is 202 Å². The average molecular weight is 1110 g/mol. The molecule has 0 saturated carbocycles. The summed E-state index contributed by atoms with van der Waals surface area (Å²) in [6.07, 6.45) is -0.870. The maximum atomic E-state index is 13.5. The summed E-state index contributed by atoms with van der Waals surface area (Å²) in [5.41, 5.74) is 16.8. The third-order valence-corrected chi connectivity index (χ3v) is 10.9. The summed E-state index contributed by atoms with van der Waals surface area (Å²) < 4.78 is 0. The lowest BCUT2D eigenvalue weighted by Crippen LogP contribution is -2.61. The van der Waals surface area contributed by atoms with Crippen molar-refractivity contribution in [3.63, 3.8) is 0 Å². The van der Waals surface area contributed by atoms with Crippen molar-refractivity contribution < 1.29 is 103 Å². The minimum Gasteiger partial charge on any atom is -0.481 e. The smallest absolute Gasteiger partial charge is 0.326 e. The molecule has 10 amide bonds. The molecule has 0 aliphatic rings. The predicted molar refractivity (Wildman–Crippen MR) is 261 cm³/mol. The van der Waals surface area contributed by atoms with Crippen LogP contribution in [0, 0.1) is 5.92 Å². The first-order valence-corrected chi connectivity index (χ1v) is 24.1. The third-order valence-electron chi connectivity index (χ3n) is 10.9. The fourth-order valence-corrected chi connectivity index (χ4v) is 6.51. The van der Waals surface area contributed by atoms with E-state index in [4.69, 9.17) is 22.3 Å². The van der Waals surface area contributed by atoms with Gasteiger partial charge in [-0.05, 0) is 57.5 Å². The highest BCUT2D eigenvalue weighted by molar-refractivity contribution is 5.99. The predicted octanol–water partition coefficient (Wildman–Crippen LogP) is -10.9. The molecule has 0 heterocycles. The second-order valence-corrected chi connectivity index (χ2v) is 17.5. The molecule has 0 bridgehead atoms. The first-order chi connectivity index (χ1) is 36.2. The Morgan fingerprint density at radius 1 is 0.403 bits per heavy atom. The quantitative estimate of drug-likeness (QED) is 0.0253. The highest BCUT2D eigenvalue weighted by Crippen LogP contribution is 2.09. The molecule has 0 unspecified atom stereocenters. The standard InChI is InChI=1S/C43H75N13O21/c1-20(2)33(42(75)51-24(43(76)77)13-32(65)66)56-37(70)22(8-4-6-12-45)49-39(72)28(18-60)54-36(69)23(9-10-31(63)64)50-40(73)29(19-61)55-38(71)26(16-58)48-30(62)14-47-35(68)25(15-57)53-41(74)27(17-59)52-34(67)21(46)7-3-5-11-44/h20-29,33,57-61H,3-19,44-46H2,1-2H3,(H,47,68)(H,48,62)(H,49,72)(H,50,73)(H,51,75)(H,52,67)(H,53,74)(H,54,69)(H,55,71)(H,56,70)(H,63,64)(H,65,66)(H,76,77)/t21-,22-,23-,24-,25-,26-,27-,28-,29-,33-/m0/s1. The van der Waals surface area contributed by atoms with Gasteiger partial charge in [-0.25, -0.2) is 4.79 Å². The van der Waals surface area contributed by atoms with Crippen molar-refractivity contribution in [1.82, 2.24) is 53.2 Å². The number of aliphatic carboxylic acids is 3. The van der Waals surface area contributed by atoms with E-state index in [1.54, 1.807) is 0 Å². The molecule has 24 N–H and O–H groups in total. The van der Waals surface area contributed by atoms with Crippen LogP contribution in [0.3, 0.4) is 0 Å². The number of hydrogen-bond acceptors (Lipinski definition) is 21. The van der Waals surface area contributed by atoms with Crippen LogP contribution >= 0.6 is 0 Å². The third kappa shape index (κ3) is 26.9. The maximum absolute atomic E-state index is 13.5. The van der Waals surface area contributed by atoms with E-state index in [0.29, 0.717) is 25.8 Å². The lowest BCUT2D eigenvalue weighted by Gasteiger charge is -2.28. The van der Waals surface area contributed by atoms with Gasteiger partial charge >= 0.3 is 17.9 Å². The lowest BCUT2D eigenvalue weighted by atomic mass is 10.0. The van der Waals surface area contributed by atoms with Gasteiger partial charge in [-0.1, -0.05) is 20.3 Å². The van der Waals surface area contributed by atoms with Gasteiger partial charge in [-0.15, -0.1) is 0 Å². The van der Waals surface area contributed by atoms with Gasteiger partial charge in [0.2, 0.25) is 59.1 Å². The van der Waals surface area contributed by atoms with E-state index >= 15 is 0 Å². The number of nitrogens with two attached hydrogens (primary N) is 3. The van der Waals surface area contributed by atoms with Gasteiger partial charge in [0.1, 0.15) is 54.4 Å². The number of carbonyl (C=O) groups is 13. The van der Waals surface area contributed by atoms with Gasteiger partial charge in [0.15, 0.2) is 0 Å². The molecule has 0 saturated heterocycles. The molecule has 0 radical (unpaired) electrons. The molecule has 0 rings (SSSR count). The van der Waals surface area contributed by atoms with Gasteiger partial charge < -0.3 is 111 Å². The van der Waals surface area contributed by atoms with Crippen molar-refractivity contribution in [2.75, 3.05) is 52.7 Å². The topological polar surface area (TPSA) is 582 Å². The molecule has 0 aromatic heterocycles. The van der Waals surface area contributed by atoms with Crippen LogP contribution in [-0.4, -0.2) is 231 Å². The van der Waals surface area contributed by atoms with Crippen LogP contribution in [0.25, 0.3) is 0 Å². The highest BCUT2D eigenvalue weighted by Gasteiger charge is 2.36. The fraction of sp³-hybridized carbons (Fsp3) is 0.698. The van der Waals surface area contributed by atoms with Crippen LogP contribution in [0.15, 0.2) is 0 Å². The molecule has 0 aromatic carbocycles. The van der Waals surface area contributed by atoms with Crippen LogP contribution < -0.4 is 70.4 Å². The lowest BCUT2D eigenvalue weighted by molar-refractivity contribution is -0.147. The number of carbonyl (C=O) groups excluding carboxylic acids is 10. The number of hydrogen-bond donors (Lipinski definition) is 21. The number of aliphatic hydroxyl groups excluding tert-OH is 5. The largest absolute Gasteiger partial charge is 0.481 e. The van der Waals surface area contributed by atoms with Gasteiger partial charge in [-0.2, -0.15) is 0 Å². The minimum absolute atomic E-state index is 0.144. The number of rotatable bonds is 40. The Kier molecular flexibility index (Phi) is 34.0. The van der Waals surface area contributed by atoms with Crippen molar-refractivity contribution in [2.45, 2.75) is 132 Å². The SMILES string of the molecule is CC(C)[C@H](NC(=O)[C@H](CCCCN)NC(=O)[C@H](CO)NC(=O)[C@H](CCC(=O)O)NC(=O)[C@H](CO)NC(=O)[C@H](CO)NC(=O)CNC(=O)[C@H](CO)NC(=O)[C@H](CO)NC(=O)[C@@H](N)CCCCN)C(=O)N[C@@H](CC(=O)O)C(=O)O. The Balaban J connectivity index is 5.96. The molecular formula is C43H75N13O21. The zero-order valence-electron chi connectivity index (χ0n) is 42.5. The van der Waals surface area contributed by atoms with E-state index in [-0.39, 0.29) is 25.8 Å². The monoisotopic (exact) mass is 1110 g/mol. The Bertz CT molecular complexity index is 2020. The molecule has 77 heavy (non-hydrogen) atoms. The maximum Gasteiger partial charge on any atom is 0.326 e. The summed E-state index contributed by atoms with van der Waals surface area (Å²) in [7, 11) is 0. The van der Waals surface area contributed by atoms with Crippen LogP contribution in [-0.2, 0) is 62.3 Å². The molecule has 34 nitrogen and oxygen atoms in total. The Morgan fingerprint density at radius 3 is 1.17 bits per heavy atom. The van der Waals surface area contributed by atoms with Crippen LogP contribution in [0.2, 0.25) is 0 Å². The molecule has 34 heteroatoms. The number of unbranched alkanes of at least 4 members (excludes halogenated alkanes) is 2. The normalized spacial score (nSPS) is 14.9. The Labute approximate surface area is 440 Å². The van der Waals surface area contributed by atoms with E-state index in [1.165, 1.54) is 13.8 Å². The average Bonchev–Trinajstić information content (AvgIpc) is 3.37. The molecule has 10 atom stereocenters. The summed E-state index contributed by atoms with van der Waals surface area (Å²) >= 11 is 0. The molecule has 0 aromatic rings. The van der Waals surface area contributed by atoms with Gasteiger partial charge in [0.25, 0.3) is 0 Å². The molecular weight excluding hydrogens is 1030 g/mol. The van der Waals surface area contributed by atoms with Crippen LogP contribution in [0.5, 0.6) is 0 Å². The van der Waals surface area contributed by atoms with Crippen LogP contribution in [0.1, 0.15) is 71.6 Å². The van der Waals surface area contributed by atoms with Gasteiger partial charge in [-0.3, -0.25) is 57.5 Å². The molecule has 0 aliphatic carbocycles. The number of amides is 10. The summed E-state index contributed by atoms with van der Waals surface area (Å²) in [6.45, 7) is -3.08. The Morgan fingerprint density at radius 2 is 0.766 bits per heavy atom. The van der Waals surface area contributed by atoms with E-state index in [9.17, 15) is 98.1 Å². The zero-order chi connectivity index (χ0) is 58.9. The van der Waals surface area contributed by atoms with Gasteiger partial charge in [0, 0.05) is 6.42 Å². The van der Waals surface area contributed by atoms with E-state index in [2.05, 4.69) is 31.9 Å². The number of carboxylic acids is 3.